The van der Waals surface area contributed by atoms with Gasteiger partial charge in [-0.15, -0.1) is 0 Å². The van der Waals surface area contributed by atoms with Gasteiger partial charge in [-0.05, 0) is 18.2 Å². The third kappa shape index (κ3) is 2.81. The van der Waals surface area contributed by atoms with Crippen molar-refractivity contribution >= 4 is 35.1 Å². The number of nitrogens with one attached hydrogen (secondary N) is 1. The quantitative estimate of drug-likeness (QED) is 0.797. The van der Waals surface area contributed by atoms with Gasteiger partial charge >= 0.3 is 0 Å². The van der Waals surface area contributed by atoms with Crippen molar-refractivity contribution in [3.05, 3.63) is 52.5 Å². The van der Waals surface area contributed by atoms with Crippen LogP contribution in [0.15, 0.2) is 36.9 Å². The molecule has 7 nitrogen and oxygen atoms in total. The number of carbonyl (C=O) groups is 1. The summed E-state index contributed by atoms with van der Waals surface area (Å²) in [5.74, 6) is 0.00899. The van der Waals surface area contributed by atoms with Crippen LogP contribution in [0.4, 0.5) is 5.95 Å². The van der Waals surface area contributed by atoms with Crippen LogP contribution in [-0.4, -0.2) is 30.5 Å². The van der Waals surface area contributed by atoms with Gasteiger partial charge in [-0.3, -0.25) is 10.1 Å². The van der Waals surface area contributed by atoms with Crippen molar-refractivity contribution in [1.29, 1.82) is 0 Å². The molecule has 0 bridgehead atoms. The van der Waals surface area contributed by atoms with E-state index in [0.29, 0.717) is 27.2 Å². The van der Waals surface area contributed by atoms with Crippen LogP contribution in [-0.2, 0) is 7.05 Å². The molecule has 0 aliphatic heterocycles. The Morgan fingerprint density at radius 1 is 1.27 bits per heavy atom. The Morgan fingerprint density at radius 2 is 2.09 bits per heavy atom. The molecule has 112 valence electrons. The molecule has 0 aliphatic carbocycles. The van der Waals surface area contributed by atoms with Gasteiger partial charge in [0.25, 0.3) is 5.91 Å². The summed E-state index contributed by atoms with van der Waals surface area (Å²) in [6.07, 6.45) is 4.37. The summed E-state index contributed by atoms with van der Waals surface area (Å²) in [5.41, 5.74) is 0.998. The van der Waals surface area contributed by atoms with E-state index >= 15 is 0 Å². The molecule has 3 aromatic rings. The Hall–Kier alpha value is -2.38. The van der Waals surface area contributed by atoms with Crippen LogP contribution in [0.2, 0.25) is 10.0 Å². The van der Waals surface area contributed by atoms with Crippen molar-refractivity contribution in [2.24, 2.45) is 7.05 Å². The number of aromatic nitrogens is 5. The maximum Gasteiger partial charge on any atom is 0.261 e. The average molecular weight is 337 g/mol. The van der Waals surface area contributed by atoms with Crippen LogP contribution in [0.3, 0.4) is 0 Å². The van der Waals surface area contributed by atoms with Gasteiger partial charge in [-0.1, -0.05) is 23.2 Å². The molecule has 1 amide bonds. The number of nitrogens with zero attached hydrogens (tertiary/aromatic N) is 5. The molecule has 0 aliphatic rings. The number of amides is 1. The van der Waals surface area contributed by atoms with Gasteiger partial charge in [0.2, 0.25) is 5.95 Å². The van der Waals surface area contributed by atoms with Crippen LogP contribution in [0.25, 0.3) is 5.69 Å². The Balaban J connectivity index is 1.84. The Morgan fingerprint density at radius 3 is 2.77 bits per heavy atom. The zero-order valence-electron chi connectivity index (χ0n) is 11.4. The molecule has 0 radical (unpaired) electrons. The number of anilines is 1. The zero-order chi connectivity index (χ0) is 15.7. The van der Waals surface area contributed by atoms with Gasteiger partial charge in [-0.25, -0.2) is 9.36 Å². The maximum atomic E-state index is 12.1. The highest BCUT2D eigenvalue weighted by molar-refractivity contribution is 6.35. The standard InChI is InChI=1S/C13H10Cl2N6O/c1-20-13(16-7-18-20)19-12(22)8-5-17-21(6-8)11-3-2-9(14)4-10(11)15/h2-7H,1H3,(H,16,18,19,22). The lowest BCUT2D eigenvalue weighted by molar-refractivity contribution is 0.102. The van der Waals surface area contributed by atoms with Crippen LogP contribution in [0.1, 0.15) is 10.4 Å². The molecule has 22 heavy (non-hydrogen) atoms. The number of benzene rings is 1. The molecule has 0 fully saturated rings. The fourth-order valence-electron chi connectivity index (χ4n) is 1.82. The second kappa shape index (κ2) is 5.78. The Labute approximate surface area is 135 Å². The predicted octanol–water partition coefficient (Wildman–Crippen LogP) is 2.56. The highest BCUT2D eigenvalue weighted by Gasteiger charge is 2.13. The van der Waals surface area contributed by atoms with Gasteiger partial charge in [0, 0.05) is 18.3 Å². The summed E-state index contributed by atoms with van der Waals surface area (Å²) in [6, 6.07) is 5.03. The topological polar surface area (TPSA) is 77.6 Å². The molecule has 0 unspecified atom stereocenters. The first kappa shape index (κ1) is 14.6. The van der Waals surface area contributed by atoms with Gasteiger partial charge < -0.3 is 0 Å². The van der Waals surface area contributed by atoms with E-state index in [9.17, 15) is 4.79 Å². The summed E-state index contributed by atoms with van der Waals surface area (Å²) >= 11 is 12.0. The largest absolute Gasteiger partial charge is 0.291 e. The number of rotatable bonds is 3. The Bertz CT molecular complexity index is 841. The highest BCUT2D eigenvalue weighted by atomic mass is 35.5. The SMILES string of the molecule is Cn1ncnc1NC(=O)c1cnn(-c2ccc(Cl)cc2Cl)c1. The zero-order valence-corrected chi connectivity index (χ0v) is 12.9. The van der Waals surface area contributed by atoms with E-state index in [1.54, 1.807) is 31.4 Å². The minimum absolute atomic E-state index is 0.340. The van der Waals surface area contributed by atoms with Gasteiger partial charge in [0.05, 0.1) is 22.5 Å². The molecule has 2 heterocycles. The fourth-order valence-corrected chi connectivity index (χ4v) is 2.32. The summed E-state index contributed by atoms with van der Waals surface area (Å²) in [6.45, 7) is 0. The number of hydrogen-bond donors (Lipinski definition) is 1. The first-order valence-corrected chi connectivity index (χ1v) is 6.95. The van der Waals surface area contributed by atoms with E-state index in [2.05, 4.69) is 20.5 Å². The van der Waals surface area contributed by atoms with Crippen molar-refractivity contribution in [3.8, 4) is 5.69 Å². The van der Waals surface area contributed by atoms with Gasteiger partial charge in [0.1, 0.15) is 6.33 Å². The van der Waals surface area contributed by atoms with E-state index in [0.717, 1.165) is 0 Å². The van der Waals surface area contributed by atoms with Crippen molar-refractivity contribution in [3.63, 3.8) is 0 Å². The third-order valence-corrected chi connectivity index (χ3v) is 3.48. The number of hydrogen-bond acceptors (Lipinski definition) is 4. The van der Waals surface area contributed by atoms with Crippen molar-refractivity contribution in [1.82, 2.24) is 24.5 Å². The number of carbonyl (C=O) groups excluding carboxylic acids is 1. The van der Waals surface area contributed by atoms with E-state index in [-0.39, 0.29) is 5.91 Å². The lowest BCUT2D eigenvalue weighted by atomic mass is 10.3. The minimum atomic E-state index is -0.340. The van der Waals surface area contributed by atoms with Crippen LogP contribution >= 0.6 is 23.2 Å². The molecular formula is C13H10Cl2N6O. The van der Waals surface area contributed by atoms with E-state index in [1.807, 2.05) is 0 Å². The van der Waals surface area contributed by atoms with E-state index < -0.39 is 0 Å². The van der Waals surface area contributed by atoms with Crippen molar-refractivity contribution in [2.45, 2.75) is 0 Å². The molecule has 2 aromatic heterocycles. The maximum absolute atomic E-state index is 12.1. The predicted molar refractivity (Wildman–Crippen MR) is 82.5 cm³/mol. The summed E-state index contributed by atoms with van der Waals surface area (Å²) in [4.78, 5) is 16.1. The number of aryl methyl sites for hydroxylation is 1. The van der Waals surface area contributed by atoms with E-state index in [1.165, 1.54) is 21.9 Å². The lowest BCUT2D eigenvalue weighted by Crippen LogP contribution is -2.14. The fraction of sp³-hybridized carbons (Fsp3) is 0.0769. The van der Waals surface area contributed by atoms with E-state index in [4.69, 9.17) is 23.2 Å². The summed E-state index contributed by atoms with van der Waals surface area (Å²) < 4.78 is 2.96. The van der Waals surface area contributed by atoms with Crippen LogP contribution in [0.5, 0.6) is 0 Å². The summed E-state index contributed by atoms with van der Waals surface area (Å²) in [7, 11) is 1.68. The van der Waals surface area contributed by atoms with Crippen LogP contribution in [0, 0.1) is 0 Å². The molecule has 0 saturated carbocycles. The van der Waals surface area contributed by atoms with Crippen LogP contribution < -0.4 is 5.32 Å². The monoisotopic (exact) mass is 336 g/mol. The smallest absolute Gasteiger partial charge is 0.261 e. The second-order valence-electron chi connectivity index (χ2n) is 4.43. The molecule has 3 rings (SSSR count). The molecule has 1 aromatic carbocycles. The molecule has 9 heteroatoms. The molecule has 0 spiro atoms. The average Bonchev–Trinajstić information content (AvgIpc) is 3.09. The van der Waals surface area contributed by atoms with Gasteiger partial charge in [0.15, 0.2) is 0 Å². The highest BCUT2D eigenvalue weighted by Crippen LogP contribution is 2.24. The van der Waals surface area contributed by atoms with Crippen molar-refractivity contribution in [2.75, 3.05) is 5.32 Å². The molecule has 1 N–H and O–H groups in total. The first-order chi connectivity index (χ1) is 10.5. The molecule has 0 saturated heterocycles. The number of halogens is 2. The van der Waals surface area contributed by atoms with Crippen molar-refractivity contribution < 1.29 is 4.79 Å². The Kier molecular flexibility index (Phi) is 3.82. The normalized spacial score (nSPS) is 10.7. The minimum Gasteiger partial charge on any atom is -0.291 e. The second-order valence-corrected chi connectivity index (χ2v) is 5.27. The van der Waals surface area contributed by atoms with Gasteiger partial charge in [-0.2, -0.15) is 15.2 Å². The molecular weight excluding hydrogens is 327 g/mol. The third-order valence-electron chi connectivity index (χ3n) is 2.94. The lowest BCUT2D eigenvalue weighted by Gasteiger charge is -2.04. The molecule has 0 atom stereocenters. The first-order valence-electron chi connectivity index (χ1n) is 6.20. The summed E-state index contributed by atoms with van der Waals surface area (Å²) in [5, 5.41) is 11.6.